The van der Waals surface area contributed by atoms with E-state index < -0.39 is 0 Å². The predicted molar refractivity (Wildman–Crippen MR) is 117 cm³/mol. The van der Waals surface area contributed by atoms with Crippen molar-refractivity contribution in [3.8, 4) is 5.75 Å². The lowest BCUT2D eigenvalue weighted by atomic mass is 10.1. The maximum absolute atomic E-state index is 12.3. The highest BCUT2D eigenvalue weighted by molar-refractivity contribution is 7.99. The maximum Gasteiger partial charge on any atom is 0.234 e. The average Bonchev–Trinajstić information content (AvgIpc) is 3.02. The van der Waals surface area contributed by atoms with Gasteiger partial charge in [-0.3, -0.25) is 4.79 Å². The Morgan fingerprint density at radius 3 is 2.69 bits per heavy atom. The van der Waals surface area contributed by atoms with Crippen LogP contribution in [0.3, 0.4) is 0 Å². The Labute approximate surface area is 179 Å². The third kappa shape index (κ3) is 5.52. The van der Waals surface area contributed by atoms with E-state index in [1.165, 1.54) is 11.8 Å². The molecule has 0 aliphatic rings. The number of benzene rings is 2. The summed E-state index contributed by atoms with van der Waals surface area (Å²) in [4.78, 5) is 12.3. The number of nitrogens with one attached hydrogen (secondary N) is 1. The normalized spacial score (nSPS) is 10.8. The van der Waals surface area contributed by atoms with Crippen LogP contribution in [0.4, 0.5) is 5.69 Å². The molecule has 0 aliphatic carbocycles. The first-order valence-electron chi connectivity index (χ1n) is 9.10. The van der Waals surface area contributed by atoms with E-state index in [1.807, 2.05) is 62.7 Å². The standard InChI is InChI=1S/C21H23ClN4O2S/c1-13-5-6-14(2)17(9-13)23-20(27)12-29-21-25-24-19(26(21)4)11-28-18-8-7-16(22)10-15(18)3/h5-10H,11-12H2,1-4H3,(H,23,27). The van der Waals surface area contributed by atoms with Crippen LogP contribution in [0, 0.1) is 20.8 Å². The van der Waals surface area contributed by atoms with Crippen molar-refractivity contribution in [2.45, 2.75) is 32.5 Å². The SMILES string of the molecule is Cc1ccc(C)c(NC(=O)CSc2nnc(COc3ccc(Cl)cc3C)n2C)c1. The highest BCUT2D eigenvalue weighted by Gasteiger charge is 2.13. The number of thioether (sulfide) groups is 1. The molecule has 0 fully saturated rings. The van der Waals surface area contributed by atoms with Crippen LogP contribution in [0.25, 0.3) is 0 Å². The molecule has 0 unspecified atom stereocenters. The smallest absolute Gasteiger partial charge is 0.234 e. The summed E-state index contributed by atoms with van der Waals surface area (Å²) in [6.07, 6.45) is 0. The molecule has 0 radical (unpaired) electrons. The summed E-state index contributed by atoms with van der Waals surface area (Å²) in [7, 11) is 1.86. The van der Waals surface area contributed by atoms with Crippen molar-refractivity contribution in [3.05, 3.63) is 63.9 Å². The number of carbonyl (C=O) groups is 1. The van der Waals surface area contributed by atoms with Crippen LogP contribution < -0.4 is 10.1 Å². The van der Waals surface area contributed by atoms with Crippen LogP contribution in [0.1, 0.15) is 22.5 Å². The zero-order valence-corrected chi connectivity index (χ0v) is 18.4. The van der Waals surface area contributed by atoms with Crippen molar-refractivity contribution in [1.29, 1.82) is 0 Å². The Balaban J connectivity index is 1.56. The van der Waals surface area contributed by atoms with Gasteiger partial charge in [-0.2, -0.15) is 0 Å². The van der Waals surface area contributed by atoms with Crippen LogP contribution >= 0.6 is 23.4 Å². The Hall–Kier alpha value is -2.51. The fourth-order valence-electron chi connectivity index (χ4n) is 2.70. The largest absolute Gasteiger partial charge is 0.485 e. The third-order valence-corrected chi connectivity index (χ3v) is 5.67. The second-order valence-electron chi connectivity index (χ2n) is 6.81. The van der Waals surface area contributed by atoms with Gasteiger partial charge < -0.3 is 14.6 Å². The molecule has 29 heavy (non-hydrogen) atoms. The molecule has 0 saturated carbocycles. The van der Waals surface area contributed by atoms with Crippen LogP contribution in [0.15, 0.2) is 41.6 Å². The number of hydrogen-bond donors (Lipinski definition) is 1. The number of aryl methyl sites for hydroxylation is 3. The minimum atomic E-state index is -0.0821. The van der Waals surface area contributed by atoms with Gasteiger partial charge in [-0.1, -0.05) is 35.5 Å². The Bertz CT molecular complexity index is 1040. The topological polar surface area (TPSA) is 69.0 Å². The van der Waals surface area contributed by atoms with Crippen LogP contribution in [0.5, 0.6) is 5.75 Å². The number of rotatable bonds is 7. The number of hydrogen-bond acceptors (Lipinski definition) is 5. The molecule has 152 valence electrons. The van der Waals surface area contributed by atoms with Gasteiger partial charge in [0.05, 0.1) is 5.75 Å². The number of carbonyl (C=O) groups excluding carboxylic acids is 1. The van der Waals surface area contributed by atoms with E-state index in [9.17, 15) is 4.79 Å². The molecular formula is C21H23ClN4O2S. The molecule has 2 aromatic carbocycles. The van der Waals surface area contributed by atoms with E-state index in [0.717, 1.165) is 28.1 Å². The number of amides is 1. The second kappa shape index (κ2) is 9.33. The van der Waals surface area contributed by atoms with Gasteiger partial charge in [-0.05, 0) is 61.7 Å². The Kier molecular flexibility index (Phi) is 6.82. The van der Waals surface area contributed by atoms with Gasteiger partial charge in [-0.15, -0.1) is 10.2 Å². The number of halogens is 1. The summed E-state index contributed by atoms with van der Waals surface area (Å²) in [5, 5.41) is 12.6. The van der Waals surface area contributed by atoms with Crippen molar-refractivity contribution in [2.24, 2.45) is 7.05 Å². The Morgan fingerprint density at radius 1 is 1.14 bits per heavy atom. The number of ether oxygens (including phenoxy) is 1. The first-order chi connectivity index (χ1) is 13.8. The van der Waals surface area contributed by atoms with Crippen LogP contribution in [0.2, 0.25) is 5.02 Å². The molecule has 0 bridgehead atoms. The molecule has 0 spiro atoms. The van der Waals surface area contributed by atoms with E-state index in [2.05, 4.69) is 15.5 Å². The second-order valence-corrected chi connectivity index (χ2v) is 8.19. The van der Waals surface area contributed by atoms with Crippen molar-refractivity contribution >= 4 is 35.0 Å². The number of nitrogens with zero attached hydrogens (tertiary/aromatic N) is 3. The van der Waals surface area contributed by atoms with Gasteiger partial charge >= 0.3 is 0 Å². The summed E-state index contributed by atoms with van der Waals surface area (Å²) < 4.78 is 7.66. The van der Waals surface area contributed by atoms with E-state index in [1.54, 1.807) is 6.07 Å². The summed E-state index contributed by atoms with van der Waals surface area (Å²) >= 11 is 7.31. The van der Waals surface area contributed by atoms with Crippen molar-refractivity contribution in [2.75, 3.05) is 11.1 Å². The summed E-state index contributed by atoms with van der Waals surface area (Å²) in [6.45, 7) is 6.19. The zero-order chi connectivity index (χ0) is 21.0. The first-order valence-corrected chi connectivity index (χ1v) is 10.5. The molecule has 0 saturated heterocycles. The highest BCUT2D eigenvalue weighted by atomic mass is 35.5. The Morgan fingerprint density at radius 2 is 1.93 bits per heavy atom. The van der Waals surface area contributed by atoms with Gasteiger partial charge in [0.1, 0.15) is 12.4 Å². The monoisotopic (exact) mass is 430 g/mol. The van der Waals surface area contributed by atoms with E-state index in [-0.39, 0.29) is 18.3 Å². The van der Waals surface area contributed by atoms with Crippen LogP contribution in [-0.2, 0) is 18.4 Å². The maximum atomic E-state index is 12.3. The summed E-state index contributed by atoms with van der Waals surface area (Å²) in [5.41, 5.74) is 3.93. The zero-order valence-electron chi connectivity index (χ0n) is 16.8. The molecule has 3 rings (SSSR count). The molecule has 0 aliphatic heterocycles. The average molecular weight is 431 g/mol. The molecule has 1 amide bonds. The molecule has 1 aromatic heterocycles. The van der Waals surface area contributed by atoms with E-state index in [4.69, 9.17) is 16.3 Å². The van der Waals surface area contributed by atoms with Crippen molar-refractivity contribution < 1.29 is 9.53 Å². The minimum Gasteiger partial charge on any atom is -0.485 e. The summed E-state index contributed by atoms with van der Waals surface area (Å²) in [6, 6.07) is 11.5. The minimum absolute atomic E-state index is 0.0821. The van der Waals surface area contributed by atoms with Gasteiger partial charge in [0.2, 0.25) is 5.91 Å². The fraction of sp³-hybridized carbons (Fsp3) is 0.286. The highest BCUT2D eigenvalue weighted by Crippen LogP contribution is 2.23. The van der Waals surface area contributed by atoms with E-state index >= 15 is 0 Å². The first kappa shape index (κ1) is 21.2. The molecule has 6 nitrogen and oxygen atoms in total. The lowest BCUT2D eigenvalue weighted by molar-refractivity contribution is -0.113. The van der Waals surface area contributed by atoms with Gasteiger partial charge in [-0.25, -0.2) is 0 Å². The quantitative estimate of drug-likeness (QED) is 0.550. The molecular weight excluding hydrogens is 408 g/mol. The van der Waals surface area contributed by atoms with Gasteiger partial charge in [0, 0.05) is 17.8 Å². The number of anilines is 1. The summed E-state index contributed by atoms with van der Waals surface area (Å²) in [5.74, 6) is 1.59. The molecule has 8 heteroatoms. The lowest BCUT2D eigenvalue weighted by Gasteiger charge is -2.10. The van der Waals surface area contributed by atoms with Gasteiger partial charge in [0.15, 0.2) is 11.0 Å². The lowest BCUT2D eigenvalue weighted by Crippen LogP contribution is -2.15. The fourth-order valence-corrected chi connectivity index (χ4v) is 3.66. The third-order valence-electron chi connectivity index (χ3n) is 4.42. The molecule has 1 N–H and O–H groups in total. The van der Waals surface area contributed by atoms with Gasteiger partial charge in [0.25, 0.3) is 0 Å². The molecule has 0 atom stereocenters. The van der Waals surface area contributed by atoms with Crippen molar-refractivity contribution in [1.82, 2.24) is 14.8 Å². The predicted octanol–water partition coefficient (Wildman–Crippen LogP) is 4.70. The van der Waals surface area contributed by atoms with Crippen LogP contribution in [-0.4, -0.2) is 26.4 Å². The van der Waals surface area contributed by atoms with Crippen molar-refractivity contribution in [3.63, 3.8) is 0 Å². The molecule has 1 heterocycles. The van der Waals surface area contributed by atoms with E-state index in [0.29, 0.717) is 16.0 Å². The molecule has 3 aromatic rings. The number of aromatic nitrogens is 3.